The van der Waals surface area contributed by atoms with Crippen molar-refractivity contribution in [1.29, 1.82) is 0 Å². The number of hydrogen-bond acceptors (Lipinski definition) is 5. The molecule has 0 aromatic rings. The maximum atomic E-state index is 11.0. The Kier molecular flexibility index (Phi) is 6.70. The Hall–Kier alpha value is -0.243. The standard InChI is InChI=1S/C11H24O5SSi/c1-9(7-12)11(16-18(4,5)6)10(2)8-15-17(3,13)14/h7,9-11H,8H2,1-6H3/t9-,10+,11+/m1/s1. The molecule has 0 saturated carbocycles. The SMILES string of the molecule is C[C@H](C=O)[C@H](O[Si](C)(C)C)[C@@H](C)COS(C)(=O)=O. The second kappa shape index (κ2) is 6.79. The first kappa shape index (κ1) is 17.8. The van der Waals surface area contributed by atoms with Crippen molar-refractivity contribution < 1.29 is 21.8 Å². The molecule has 0 fully saturated rings. The Balaban J connectivity index is 4.70. The number of carbonyl (C=O) groups is 1. The van der Waals surface area contributed by atoms with Crippen molar-refractivity contribution in [3.8, 4) is 0 Å². The van der Waals surface area contributed by atoms with Gasteiger partial charge in [0.1, 0.15) is 6.29 Å². The van der Waals surface area contributed by atoms with E-state index >= 15 is 0 Å². The number of carbonyl (C=O) groups excluding carboxylic acids is 1. The van der Waals surface area contributed by atoms with E-state index < -0.39 is 18.4 Å². The summed E-state index contributed by atoms with van der Waals surface area (Å²) in [5.41, 5.74) is 0. The van der Waals surface area contributed by atoms with E-state index in [1.165, 1.54) is 0 Å². The lowest BCUT2D eigenvalue weighted by Gasteiger charge is -2.32. The zero-order valence-corrected chi connectivity index (χ0v) is 13.8. The molecule has 0 rings (SSSR count). The number of rotatable bonds is 8. The lowest BCUT2D eigenvalue weighted by molar-refractivity contribution is -0.114. The third kappa shape index (κ3) is 7.96. The highest BCUT2D eigenvalue weighted by molar-refractivity contribution is 7.85. The van der Waals surface area contributed by atoms with Gasteiger partial charge in [-0.3, -0.25) is 4.18 Å². The molecule has 0 aliphatic rings. The van der Waals surface area contributed by atoms with Crippen LogP contribution in [0.3, 0.4) is 0 Å². The lowest BCUT2D eigenvalue weighted by Crippen LogP contribution is -2.41. The van der Waals surface area contributed by atoms with Crippen molar-refractivity contribution >= 4 is 24.7 Å². The van der Waals surface area contributed by atoms with Gasteiger partial charge < -0.3 is 9.22 Å². The molecule has 0 unspecified atom stereocenters. The molecule has 18 heavy (non-hydrogen) atoms. The fourth-order valence-electron chi connectivity index (χ4n) is 1.55. The van der Waals surface area contributed by atoms with Gasteiger partial charge in [0.05, 0.1) is 19.0 Å². The molecule has 0 aliphatic carbocycles. The molecule has 0 aliphatic heterocycles. The number of aldehydes is 1. The van der Waals surface area contributed by atoms with Gasteiger partial charge in [0, 0.05) is 11.8 Å². The van der Waals surface area contributed by atoms with E-state index in [1.807, 2.05) is 26.6 Å². The Morgan fingerprint density at radius 3 is 2.06 bits per heavy atom. The van der Waals surface area contributed by atoms with Crippen molar-refractivity contribution in [3.05, 3.63) is 0 Å². The van der Waals surface area contributed by atoms with Crippen LogP contribution in [0.4, 0.5) is 0 Å². The highest BCUT2D eigenvalue weighted by atomic mass is 32.2. The van der Waals surface area contributed by atoms with Crippen LogP contribution in [0.25, 0.3) is 0 Å². The number of hydrogen-bond donors (Lipinski definition) is 0. The predicted octanol–water partition coefficient (Wildman–Crippen LogP) is 1.65. The molecule has 5 nitrogen and oxygen atoms in total. The van der Waals surface area contributed by atoms with E-state index in [2.05, 4.69) is 0 Å². The molecule has 0 amide bonds. The van der Waals surface area contributed by atoms with Gasteiger partial charge in [-0.05, 0) is 19.6 Å². The van der Waals surface area contributed by atoms with Crippen LogP contribution in [0.2, 0.25) is 19.6 Å². The summed E-state index contributed by atoms with van der Waals surface area (Å²) >= 11 is 0. The van der Waals surface area contributed by atoms with E-state index in [1.54, 1.807) is 6.92 Å². The molecule has 108 valence electrons. The maximum absolute atomic E-state index is 11.0. The third-order valence-electron chi connectivity index (χ3n) is 2.33. The normalized spacial score (nSPS) is 18.1. The minimum Gasteiger partial charge on any atom is -0.414 e. The average Bonchev–Trinajstić information content (AvgIpc) is 2.19. The summed E-state index contributed by atoms with van der Waals surface area (Å²) in [4.78, 5) is 10.9. The molecule has 0 saturated heterocycles. The van der Waals surface area contributed by atoms with Gasteiger partial charge >= 0.3 is 0 Å². The minimum absolute atomic E-state index is 0.0339. The van der Waals surface area contributed by atoms with Gasteiger partial charge in [-0.2, -0.15) is 8.42 Å². The molecule has 0 N–H and O–H groups in total. The zero-order chi connectivity index (χ0) is 14.6. The molecular weight excluding hydrogens is 272 g/mol. The fourth-order valence-corrected chi connectivity index (χ4v) is 3.28. The summed E-state index contributed by atoms with van der Waals surface area (Å²) in [5, 5.41) is 0. The van der Waals surface area contributed by atoms with Crippen LogP contribution >= 0.6 is 0 Å². The first-order valence-electron chi connectivity index (χ1n) is 5.94. The highest BCUT2D eigenvalue weighted by Gasteiger charge is 2.30. The molecule has 3 atom stereocenters. The van der Waals surface area contributed by atoms with Crippen LogP contribution in [-0.4, -0.2) is 42.0 Å². The van der Waals surface area contributed by atoms with Gasteiger partial charge in [-0.15, -0.1) is 0 Å². The van der Waals surface area contributed by atoms with Crippen LogP contribution in [-0.2, 0) is 23.5 Å². The van der Waals surface area contributed by atoms with Gasteiger partial charge in [0.25, 0.3) is 10.1 Å². The van der Waals surface area contributed by atoms with Crippen molar-refractivity contribution in [2.75, 3.05) is 12.9 Å². The largest absolute Gasteiger partial charge is 0.414 e. The van der Waals surface area contributed by atoms with Crippen LogP contribution in [0, 0.1) is 11.8 Å². The first-order valence-corrected chi connectivity index (χ1v) is 11.2. The van der Waals surface area contributed by atoms with Crippen molar-refractivity contribution in [1.82, 2.24) is 0 Å². The van der Waals surface area contributed by atoms with Crippen LogP contribution in [0.5, 0.6) is 0 Å². The van der Waals surface area contributed by atoms with Crippen LogP contribution in [0.15, 0.2) is 0 Å². The molecule has 0 heterocycles. The maximum Gasteiger partial charge on any atom is 0.264 e. The molecule has 0 bridgehead atoms. The lowest BCUT2D eigenvalue weighted by atomic mass is 9.95. The molecule has 0 spiro atoms. The van der Waals surface area contributed by atoms with E-state index in [9.17, 15) is 13.2 Å². The predicted molar refractivity (Wildman–Crippen MR) is 73.4 cm³/mol. The Morgan fingerprint density at radius 1 is 1.22 bits per heavy atom. The summed E-state index contributed by atoms with van der Waals surface area (Å²) in [6.07, 6.45) is 1.54. The van der Waals surface area contributed by atoms with E-state index in [-0.39, 0.29) is 24.5 Å². The minimum atomic E-state index is -3.46. The highest BCUT2D eigenvalue weighted by Crippen LogP contribution is 2.21. The Labute approximate surface area is 111 Å². The van der Waals surface area contributed by atoms with Crippen molar-refractivity contribution in [2.24, 2.45) is 11.8 Å². The quantitative estimate of drug-likeness (QED) is 0.387. The summed E-state index contributed by atoms with van der Waals surface area (Å²) in [5.74, 6) is -0.443. The molecule has 0 aromatic heterocycles. The van der Waals surface area contributed by atoms with Crippen LogP contribution in [0.1, 0.15) is 13.8 Å². The fraction of sp³-hybridized carbons (Fsp3) is 0.909. The zero-order valence-electron chi connectivity index (χ0n) is 12.0. The van der Waals surface area contributed by atoms with Gasteiger partial charge in [0.2, 0.25) is 0 Å². The molecule has 0 aromatic carbocycles. The molecular formula is C11H24O5SSi. The monoisotopic (exact) mass is 296 g/mol. The second-order valence-electron chi connectivity index (χ2n) is 5.66. The smallest absolute Gasteiger partial charge is 0.264 e. The second-order valence-corrected chi connectivity index (χ2v) is 11.8. The van der Waals surface area contributed by atoms with Gasteiger partial charge in [0.15, 0.2) is 8.32 Å². The van der Waals surface area contributed by atoms with E-state index in [4.69, 9.17) is 8.61 Å². The van der Waals surface area contributed by atoms with Gasteiger partial charge in [-0.1, -0.05) is 13.8 Å². The Morgan fingerprint density at radius 2 is 1.72 bits per heavy atom. The van der Waals surface area contributed by atoms with Crippen molar-refractivity contribution in [2.45, 2.75) is 39.6 Å². The first-order chi connectivity index (χ1) is 7.96. The molecule has 0 radical (unpaired) electrons. The third-order valence-corrected chi connectivity index (χ3v) is 3.87. The summed E-state index contributed by atoms with van der Waals surface area (Å²) in [6, 6.07) is 0. The summed E-state index contributed by atoms with van der Waals surface area (Å²) in [6.45, 7) is 9.72. The van der Waals surface area contributed by atoms with E-state index in [0.717, 1.165) is 12.5 Å². The summed E-state index contributed by atoms with van der Waals surface area (Å²) < 4.78 is 32.6. The summed E-state index contributed by atoms with van der Waals surface area (Å²) in [7, 11) is -5.26. The van der Waals surface area contributed by atoms with Crippen LogP contribution < -0.4 is 0 Å². The Bertz CT molecular complexity index is 360. The van der Waals surface area contributed by atoms with Crippen molar-refractivity contribution in [3.63, 3.8) is 0 Å². The average molecular weight is 296 g/mol. The molecule has 7 heteroatoms. The topological polar surface area (TPSA) is 69.7 Å². The van der Waals surface area contributed by atoms with E-state index in [0.29, 0.717) is 0 Å². The van der Waals surface area contributed by atoms with Gasteiger partial charge in [-0.25, -0.2) is 0 Å².